The Balaban J connectivity index is 2.16. The molecule has 2 aromatic rings. The van der Waals surface area contributed by atoms with Crippen molar-refractivity contribution in [1.29, 1.82) is 0 Å². The maximum Gasteiger partial charge on any atom is 0.122 e. The van der Waals surface area contributed by atoms with Gasteiger partial charge in [0.1, 0.15) is 4.99 Å². The molecule has 17 heavy (non-hydrogen) atoms. The topological polar surface area (TPSA) is 50.9 Å². The quantitative estimate of drug-likeness (QED) is 0.836. The third-order valence-electron chi connectivity index (χ3n) is 2.13. The number of pyridine rings is 1. The van der Waals surface area contributed by atoms with Crippen LogP contribution >= 0.6 is 23.8 Å². The summed E-state index contributed by atoms with van der Waals surface area (Å²) in [4.78, 5) is 4.43. The first-order valence-electron chi connectivity index (χ1n) is 4.93. The van der Waals surface area contributed by atoms with Crippen molar-refractivity contribution in [3.8, 4) is 0 Å². The van der Waals surface area contributed by atoms with E-state index < -0.39 is 0 Å². The van der Waals surface area contributed by atoms with Gasteiger partial charge in [-0.25, -0.2) is 0 Å². The first kappa shape index (κ1) is 11.8. The fourth-order valence-electron chi connectivity index (χ4n) is 1.35. The Hall–Kier alpha value is -1.65. The lowest BCUT2D eigenvalue weighted by molar-refractivity contribution is 1.29. The Morgan fingerprint density at radius 2 is 2.06 bits per heavy atom. The van der Waals surface area contributed by atoms with E-state index in [9.17, 15) is 0 Å². The number of halogens is 1. The largest absolute Gasteiger partial charge is 0.388 e. The SMILES string of the molecule is NC(=S)c1ccc(Nc2cccc(Cl)c2)cn1. The summed E-state index contributed by atoms with van der Waals surface area (Å²) < 4.78 is 0. The second-order valence-electron chi connectivity index (χ2n) is 3.43. The van der Waals surface area contributed by atoms with Crippen molar-refractivity contribution in [3.63, 3.8) is 0 Å². The van der Waals surface area contributed by atoms with Gasteiger partial charge in [-0.1, -0.05) is 29.9 Å². The highest BCUT2D eigenvalue weighted by Crippen LogP contribution is 2.19. The summed E-state index contributed by atoms with van der Waals surface area (Å²) in [6.07, 6.45) is 1.68. The van der Waals surface area contributed by atoms with E-state index >= 15 is 0 Å². The fraction of sp³-hybridized carbons (Fsp3) is 0. The van der Waals surface area contributed by atoms with E-state index in [1.54, 1.807) is 12.3 Å². The third-order valence-corrected chi connectivity index (χ3v) is 2.57. The molecule has 0 radical (unpaired) electrons. The molecular weight excluding hydrogens is 254 g/mol. The minimum atomic E-state index is 0.291. The molecule has 0 bridgehead atoms. The van der Waals surface area contributed by atoms with Crippen LogP contribution in [0.25, 0.3) is 0 Å². The highest BCUT2D eigenvalue weighted by molar-refractivity contribution is 7.80. The number of benzene rings is 1. The van der Waals surface area contributed by atoms with Crippen molar-refractivity contribution in [2.75, 3.05) is 5.32 Å². The van der Waals surface area contributed by atoms with Crippen LogP contribution in [0.4, 0.5) is 11.4 Å². The standard InChI is InChI=1S/C12H10ClN3S/c13-8-2-1-3-9(6-8)16-10-4-5-11(12(14)17)15-7-10/h1-7,16H,(H2,14,17). The van der Waals surface area contributed by atoms with Gasteiger partial charge in [0, 0.05) is 10.7 Å². The zero-order valence-electron chi connectivity index (χ0n) is 8.85. The van der Waals surface area contributed by atoms with E-state index in [1.807, 2.05) is 30.3 Å². The van der Waals surface area contributed by atoms with Gasteiger partial charge in [0.2, 0.25) is 0 Å². The highest BCUT2D eigenvalue weighted by atomic mass is 35.5. The molecule has 0 atom stereocenters. The Kier molecular flexibility index (Phi) is 3.56. The Morgan fingerprint density at radius 1 is 1.24 bits per heavy atom. The van der Waals surface area contributed by atoms with Crippen LogP contribution in [0.15, 0.2) is 42.6 Å². The van der Waals surface area contributed by atoms with Crippen LogP contribution < -0.4 is 11.1 Å². The van der Waals surface area contributed by atoms with Crippen LogP contribution in [-0.2, 0) is 0 Å². The molecule has 5 heteroatoms. The summed E-state index contributed by atoms with van der Waals surface area (Å²) in [7, 11) is 0. The van der Waals surface area contributed by atoms with Gasteiger partial charge in [0.25, 0.3) is 0 Å². The molecule has 1 aromatic heterocycles. The number of hydrogen-bond acceptors (Lipinski definition) is 3. The predicted molar refractivity (Wildman–Crippen MR) is 74.9 cm³/mol. The lowest BCUT2D eigenvalue weighted by atomic mass is 10.3. The average molecular weight is 264 g/mol. The summed E-state index contributed by atoms with van der Waals surface area (Å²) in [5.41, 5.74) is 7.83. The molecule has 0 fully saturated rings. The van der Waals surface area contributed by atoms with Crippen molar-refractivity contribution >= 4 is 40.2 Å². The third kappa shape index (κ3) is 3.15. The van der Waals surface area contributed by atoms with Crippen LogP contribution in [0.2, 0.25) is 5.02 Å². The van der Waals surface area contributed by atoms with E-state index in [0.717, 1.165) is 11.4 Å². The van der Waals surface area contributed by atoms with Crippen LogP contribution in [0.3, 0.4) is 0 Å². The molecule has 0 spiro atoms. The number of aromatic nitrogens is 1. The number of nitrogens with zero attached hydrogens (tertiary/aromatic N) is 1. The van der Waals surface area contributed by atoms with E-state index in [-0.39, 0.29) is 0 Å². The van der Waals surface area contributed by atoms with Crippen LogP contribution in [-0.4, -0.2) is 9.97 Å². The summed E-state index contributed by atoms with van der Waals surface area (Å²) in [6, 6.07) is 11.1. The van der Waals surface area contributed by atoms with Crippen LogP contribution in [0.5, 0.6) is 0 Å². The zero-order valence-corrected chi connectivity index (χ0v) is 10.4. The average Bonchev–Trinajstić information content (AvgIpc) is 2.29. The van der Waals surface area contributed by atoms with Crippen molar-refractivity contribution in [1.82, 2.24) is 4.98 Å². The fourth-order valence-corrected chi connectivity index (χ4v) is 1.66. The number of rotatable bonds is 3. The highest BCUT2D eigenvalue weighted by Gasteiger charge is 1.99. The van der Waals surface area contributed by atoms with Gasteiger partial charge in [0.05, 0.1) is 17.6 Å². The van der Waals surface area contributed by atoms with Crippen molar-refractivity contribution in [3.05, 3.63) is 53.3 Å². The Bertz CT molecular complexity index is 540. The molecule has 3 nitrogen and oxygen atoms in total. The summed E-state index contributed by atoms with van der Waals surface area (Å²) in [6.45, 7) is 0. The second kappa shape index (κ2) is 5.12. The van der Waals surface area contributed by atoms with Gasteiger partial charge >= 0.3 is 0 Å². The second-order valence-corrected chi connectivity index (χ2v) is 4.31. The van der Waals surface area contributed by atoms with E-state index in [1.165, 1.54) is 0 Å². The first-order chi connectivity index (χ1) is 8.15. The van der Waals surface area contributed by atoms with Gasteiger partial charge in [0.15, 0.2) is 0 Å². The predicted octanol–water partition coefficient (Wildman–Crippen LogP) is 3.11. The molecule has 0 aliphatic carbocycles. The molecule has 0 saturated carbocycles. The molecule has 0 aliphatic heterocycles. The molecule has 2 rings (SSSR count). The van der Waals surface area contributed by atoms with E-state index in [2.05, 4.69) is 10.3 Å². The van der Waals surface area contributed by atoms with Crippen molar-refractivity contribution in [2.45, 2.75) is 0 Å². The number of hydrogen-bond donors (Lipinski definition) is 2. The Morgan fingerprint density at radius 3 is 2.65 bits per heavy atom. The summed E-state index contributed by atoms with van der Waals surface area (Å²) >= 11 is 10.7. The summed E-state index contributed by atoms with van der Waals surface area (Å²) in [5.74, 6) is 0. The molecule has 86 valence electrons. The minimum absolute atomic E-state index is 0.291. The zero-order chi connectivity index (χ0) is 12.3. The van der Waals surface area contributed by atoms with Crippen molar-refractivity contribution < 1.29 is 0 Å². The smallest absolute Gasteiger partial charge is 0.122 e. The van der Waals surface area contributed by atoms with Crippen molar-refractivity contribution in [2.24, 2.45) is 5.73 Å². The maximum absolute atomic E-state index is 5.89. The Labute approximate surface area is 110 Å². The van der Waals surface area contributed by atoms with Gasteiger partial charge < -0.3 is 11.1 Å². The molecule has 0 unspecified atom stereocenters. The van der Waals surface area contributed by atoms with Gasteiger partial charge in [-0.2, -0.15) is 0 Å². The minimum Gasteiger partial charge on any atom is -0.388 e. The molecule has 3 N–H and O–H groups in total. The normalized spacial score (nSPS) is 9.94. The molecule has 0 amide bonds. The monoisotopic (exact) mass is 263 g/mol. The van der Waals surface area contributed by atoms with E-state index in [0.29, 0.717) is 15.7 Å². The maximum atomic E-state index is 5.89. The number of nitrogens with one attached hydrogen (secondary N) is 1. The van der Waals surface area contributed by atoms with Gasteiger partial charge in [-0.15, -0.1) is 0 Å². The number of nitrogens with two attached hydrogens (primary N) is 1. The van der Waals surface area contributed by atoms with Gasteiger partial charge in [-0.05, 0) is 30.3 Å². The van der Waals surface area contributed by atoms with Crippen LogP contribution in [0.1, 0.15) is 5.69 Å². The lowest BCUT2D eigenvalue weighted by Crippen LogP contribution is -2.11. The van der Waals surface area contributed by atoms with Gasteiger partial charge in [-0.3, -0.25) is 4.98 Å². The molecule has 1 heterocycles. The molecule has 0 aliphatic rings. The number of anilines is 2. The molecule has 1 aromatic carbocycles. The summed E-state index contributed by atoms with van der Waals surface area (Å²) in [5, 5.41) is 3.86. The number of thiocarbonyl (C=S) groups is 1. The molecule has 0 saturated heterocycles. The van der Waals surface area contributed by atoms with E-state index in [4.69, 9.17) is 29.6 Å². The first-order valence-corrected chi connectivity index (χ1v) is 5.72. The van der Waals surface area contributed by atoms with Crippen LogP contribution in [0, 0.1) is 0 Å². The lowest BCUT2D eigenvalue weighted by Gasteiger charge is -2.06. The molecular formula is C12H10ClN3S.